The van der Waals surface area contributed by atoms with E-state index in [2.05, 4.69) is 17.0 Å². The molecule has 0 saturated carbocycles. The molecule has 0 saturated heterocycles. The lowest BCUT2D eigenvalue weighted by Gasteiger charge is -2.30. The Morgan fingerprint density at radius 2 is 1.68 bits per heavy atom. The molecule has 0 unspecified atom stereocenters. The molecular formula is C29H35N3O5S. The minimum absolute atomic E-state index is 0.0482. The van der Waals surface area contributed by atoms with Gasteiger partial charge in [0.05, 0.1) is 16.6 Å². The van der Waals surface area contributed by atoms with Crippen LogP contribution in [0, 0.1) is 5.92 Å². The number of nitrogens with one attached hydrogen (secondary N) is 2. The number of benzene rings is 3. The van der Waals surface area contributed by atoms with Crippen LogP contribution in [0.3, 0.4) is 0 Å². The van der Waals surface area contributed by atoms with Crippen molar-refractivity contribution in [2.45, 2.75) is 30.9 Å². The van der Waals surface area contributed by atoms with Crippen molar-refractivity contribution in [2.75, 3.05) is 38.6 Å². The molecule has 8 nitrogen and oxygen atoms in total. The van der Waals surface area contributed by atoms with Crippen molar-refractivity contribution in [3.63, 3.8) is 0 Å². The maximum absolute atomic E-state index is 13.5. The first kappa shape index (κ1) is 27.6. The number of hydrogen-bond donors (Lipinski definition) is 2. The van der Waals surface area contributed by atoms with Crippen molar-refractivity contribution in [1.82, 2.24) is 10.2 Å². The number of hydrogen-bond acceptors (Lipinski definition) is 6. The topological polar surface area (TPSA) is 97.0 Å². The van der Waals surface area contributed by atoms with Crippen LogP contribution in [-0.2, 0) is 14.8 Å². The van der Waals surface area contributed by atoms with Crippen LogP contribution in [0.5, 0.6) is 5.75 Å². The molecule has 202 valence electrons. The zero-order chi connectivity index (χ0) is 27.3. The zero-order valence-electron chi connectivity index (χ0n) is 22.2. The smallest absolute Gasteiger partial charge is 0.261 e. The maximum Gasteiger partial charge on any atom is 0.261 e. The highest BCUT2D eigenvalue weighted by atomic mass is 32.2. The van der Waals surface area contributed by atoms with Crippen molar-refractivity contribution in [1.29, 1.82) is 0 Å². The number of ether oxygens (including phenoxy) is 2. The van der Waals surface area contributed by atoms with Gasteiger partial charge in [-0.2, -0.15) is 0 Å². The SMILES string of the molecule is CO[C@H]1CN(C)C(=O)c2cc(NS(=O)(=O)c3ccc(-c4ccccc4)cc3)ccc2OC[C@H](C)NC[C@@H]1C. The van der Waals surface area contributed by atoms with Gasteiger partial charge in [-0.1, -0.05) is 49.4 Å². The number of sulfonamides is 1. The number of methoxy groups -OCH3 is 1. The van der Waals surface area contributed by atoms with Crippen LogP contribution in [0.4, 0.5) is 5.69 Å². The van der Waals surface area contributed by atoms with Crippen LogP contribution in [0.1, 0.15) is 24.2 Å². The average Bonchev–Trinajstić information content (AvgIpc) is 2.93. The Kier molecular flexibility index (Phi) is 8.71. The lowest BCUT2D eigenvalue weighted by Crippen LogP contribution is -2.44. The largest absolute Gasteiger partial charge is 0.491 e. The van der Waals surface area contributed by atoms with E-state index in [4.69, 9.17) is 9.47 Å². The highest BCUT2D eigenvalue weighted by molar-refractivity contribution is 7.92. The van der Waals surface area contributed by atoms with Crippen molar-refractivity contribution in [2.24, 2.45) is 5.92 Å². The predicted octanol–water partition coefficient (Wildman–Crippen LogP) is 4.25. The molecule has 0 aromatic heterocycles. The second kappa shape index (κ2) is 12.0. The second-order valence-electron chi connectivity index (χ2n) is 9.76. The van der Waals surface area contributed by atoms with Crippen molar-refractivity contribution in [3.8, 4) is 16.9 Å². The molecule has 0 aliphatic carbocycles. The molecule has 1 amide bonds. The van der Waals surface area contributed by atoms with Gasteiger partial charge in [0.2, 0.25) is 0 Å². The molecule has 3 atom stereocenters. The van der Waals surface area contributed by atoms with E-state index in [9.17, 15) is 13.2 Å². The third-order valence-electron chi connectivity index (χ3n) is 6.75. The minimum Gasteiger partial charge on any atom is -0.491 e. The lowest BCUT2D eigenvalue weighted by molar-refractivity contribution is 0.0281. The van der Waals surface area contributed by atoms with Gasteiger partial charge in [0.15, 0.2) is 0 Å². The average molecular weight is 538 g/mol. The number of anilines is 1. The predicted molar refractivity (Wildman–Crippen MR) is 149 cm³/mol. The molecule has 9 heteroatoms. The van der Waals surface area contributed by atoms with Gasteiger partial charge in [-0.3, -0.25) is 9.52 Å². The summed E-state index contributed by atoms with van der Waals surface area (Å²) in [6, 6.07) is 21.2. The summed E-state index contributed by atoms with van der Waals surface area (Å²) < 4.78 is 40.6. The molecule has 0 fully saturated rings. The first-order valence-electron chi connectivity index (χ1n) is 12.6. The highest BCUT2D eigenvalue weighted by Gasteiger charge is 2.26. The van der Waals surface area contributed by atoms with Gasteiger partial charge in [-0.25, -0.2) is 8.42 Å². The summed E-state index contributed by atoms with van der Waals surface area (Å²) in [6.07, 6.45) is -0.159. The Hall–Kier alpha value is -3.40. The van der Waals surface area contributed by atoms with Crippen LogP contribution >= 0.6 is 0 Å². The van der Waals surface area contributed by atoms with E-state index in [0.29, 0.717) is 18.9 Å². The fraction of sp³-hybridized carbons (Fsp3) is 0.345. The fourth-order valence-corrected chi connectivity index (χ4v) is 5.44. The van der Waals surface area contributed by atoms with Gasteiger partial charge in [-0.05, 0) is 54.3 Å². The van der Waals surface area contributed by atoms with Crippen molar-refractivity contribution < 1.29 is 22.7 Å². The molecule has 0 radical (unpaired) electrons. The van der Waals surface area contributed by atoms with Crippen LogP contribution in [0.2, 0.25) is 0 Å². The Labute approximate surface area is 225 Å². The van der Waals surface area contributed by atoms with Gasteiger partial charge in [0.1, 0.15) is 12.4 Å². The quantitative estimate of drug-likeness (QED) is 0.505. The van der Waals surface area contributed by atoms with E-state index in [1.165, 1.54) is 6.07 Å². The molecule has 3 aromatic carbocycles. The van der Waals surface area contributed by atoms with E-state index in [0.717, 1.165) is 17.7 Å². The van der Waals surface area contributed by atoms with E-state index >= 15 is 0 Å². The molecule has 4 rings (SSSR count). The molecule has 3 aromatic rings. The van der Waals surface area contributed by atoms with Gasteiger partial charge in [-0.15, -0.1) is 0 Å². The normalized spacial score (nSPS) is 21.0. The number of amides is 1. The van der Waals surface area contributed by atoms with E-state index in [-0.39, 0.29) is 40.1 Å². The Bertz CT molecular complexity index is 1350. The monoisotopic (exact) mass is 537 g/mol. The molecule has 1 aliphatic heterocycles. The number of rotatable bonds is 5. The highest BCUT2D eigenvalue weighted by Crippen LogP contribution is 2.28. The summed E-state index contributed by atoms with van der Waals surface area (Å²) >= 11 is 0. The van der Waals surface area contributed by atoms with E-state index in [1.807, 2.05) is 37.3 Å². The Balaban J connectivity index is 1.60. The molecule has 0 bridgehead atoms. The van der Waals surface area contributed by atoms with Crippen molar-refractivity contribution in [3.05, 3.63) is 78.4 Å². The molecular weight excluding hydrogens is 502 g/mol. The third-order valence-corrected chi connectivity index (χ3v) is 8.15. The van der Waals surface area contributed by atoms with Crippen LogP contribution in [-0.4, -0.2) is 65.2 Å². The lowest BCUT2D eigenvalue weighted by atomic mass is 10.0. The van der Waals surface area contributed by atoms with Crippen molar-refractivity contribution >= 4 is 21.6 Å². The summed E-state index contributed by atoms with van der Waals surface area (Å²) in [5.41, 5.74) is 2.47. The standard InChI is InChI=1S/C29H35N3O5S/c1-20-17-30-21(2)19-37-27-15-12-24(16-26(27)29(33)32(3)18-28(20)36-4)31-38(34,35)25-13-10-23(11-14-25)22-8-6-5-7-9-22/h5-16,20-21,28,30-31H,17-19H2,1-4H3/t20-,21-,28-/m0/s1. The summed E-state index contributed by atoms with van der Waals surface area (Å²) in [4.78, 5) is 15.2. The number of nitrogens with zero attached hydrogens (tertiary/aromatic N) is 1. The maximum atomic E-state index is 13.5. The third kappa shape index (κ3) is 6.53. The van der Waals surface area contributed by atoms with Gasteiger partial charge in [0, 0.05) is 39.0 Å². The first-order valence-corrected chi connectivity index (χ1v) is 14.1. The molecule has 1 heterocycles. The summed E-state index contributed by atoms with van der Waals surface area (Å²) in [6.45, 7) is 5.55. The fourth-order valence-electron chi connectivity index (χ4n) is 4.40. The molecule has 1 aliphatic rings. The first-order chi connectivity index (χ1) is 18.2. The number of likely N-dealkylation sites (N-methyl/N-ethyl adjacent to an activating group) is 1. The second-order valence-corrected chi connectivity index (χ2v) is 11.4. The summed E-state index contributed by atoms with van der Waals surface area (Å²) in [7, 11) is -0.534. The molecule has 2 N–H and O–H groups in total. The molecule has 38 heavy (non-hydrogen) atoms. The van der Waals surface area contributed by atoms with Gasteiger partial charge in [0.25, 0.3) is 15.9 Å². The summed E-state index contributed by atoms with van der Waals surface area (Å²) in [5, 5.41) is 3.45. The van der Waals surface area contributed by atoms with Crippen LogP contribution < -0.4 is 14.8 Å². The minimum atomic E-state index is -3.88. The van der Waals surface area contributed by atoms with E-state index in [1.54, 1.807) is 55.5 Å². The zero-order valence-corrected chi connectivity index (χ0v) is 23.0. The van der Waals surface area contributed by atoms with Gasteiger partial charge < -0.3 is 19.7 Å². The number of carbonyl (C=O) groups is 1. The van der Waals surface area contributed by atoms with E-state index < -0.39 is 10.0 Å². The Morgan fingerprint density at radius 3 is 2.37 bits per heavy atom. The molecule has 0 spiro atoms. The number of fused-ring (bicyclic) bond motifs is 1. The van der Waals surface area contributed by atoms with Crippen LogP contribution in [0.15, 0.2) is 77.7 Å². The number of carbonyl (C=O) groups excluding carboxylic acids is 1. The van der Waals surface area contributed by atoms with Gasteiger partial charge >= 0.3 is 0 Å². The Morgan fingerprint density at radius 1 is 1.00 bits per heavy atom. The summed E-state index contributed by atoms with van der Waals surface area (Å²) in [5.74, 6) is 0.292. The van der Waals surface area contributed by atoms with Crippen LogP contribution in [0.25, 0.3) is 11.1 Å².